The Hall–Kier alpha value is -1.56. The lowest BCUT2D eigenvalue weighted by Crippen LogP contribution is -2.46. The topological polar surface area (TPSA) is 104 Å². The molecule has 0 radical (unpaired) electrons. The number of carbonyl (C=O) groups is 1. The van der Waals surface area contributed by atoms with Gasteiger partial charge in [0.05, 0.1) is 25.5 Å². The summed E-state index contributed by atoms with van der Waals surface area (Å²) in [4.78, 5) is 12.8. The fourth-order valence-corrected chi connectivity index (χ4v) is 5.30. The summed E-state index contributed by atoms with van der Waals surface area (Å²) in [6, 6.07) is 15.1. The van der Waals surface area contributed by atoms with Gasteiger partial charge in [0.15, 0.2) is 11.7 Å². The molecule has 2 aromatic carbocycles. The summed E-state index contributed by atoms with van der Waals surface area (Å²) < 4.78 is 37.8. The van der Waals surface area contributed by atoms with E-state index in [-0.39, 0.29) is 43.9 Å². The normalized spacial score (nSPS) is 20.6. The number of esters is 1. The molecule has 7 nitrogen and oxygen atoms in total. The molecule has 2 unspecified atom stereocenters. The summed E-state index contributed by atoms with van der Waals surface area (Å²) in [5.41, 5.74) is 0.0957. The van der Waals surface area contributed by atoms with E-state index in [0.717, 1.165) is 55.2 Å². The van der Waals surface area contributed by atoms with Crippen molar-refractivity contribution in [2.45, 2.75) is 55.6 Å². The van der Waals surface area contributed by atoms with E-state index in [4.69, 9.17) is 4.74 Å². The van der Waals surface area contributed by atoms with Crippen LogP contribution in [0.5, 0.6) is 0 Å². The van der Waals surface area contributed by atoms with E-state index in [2.05, 4.69) is 14.1 Å². The first-order chi connectivity index (χ1) is 15.9. The lowest BCUT2D eigenvalue weighted by Gasteiger charge is -2.33. The molecule has 2 atom stereocenters. The maximum Gasteiger partial charge on any atom is 0.343 e. The van der Waals surface area contributed by atoms with Crippen LogP contribution in [0.25, 0.3) is 0 Å². The van der Waals surface area contributed by atoms with Gasteiger partial charge in [-0.05, 0) is 37.5 Å². The van der Waals surface area contributed by atoms with Crippen LogP contribution in [0.2, 0.25) is 0 Å². The van der Waals surface area contributed by atoms with Gasteiger partial charge in [-0.3, -0.25) is 0 Å². The van der Waals surface area contributed by atoms with Gasteiger partial charge in [-0.15, -0.1) is 0 Å². The van der Waals surface area contributed by atoms with Crippen molar-refractivity contribution in [3.63, 3.8) is 0 Å². The number of ether oxygens (including phenoxy) is 1. The predicted octanol–water partition coefficient (Wildman–Crippen LogP) is 3.58. The lowest BCUT2D eigenvalue weighted by molar-refractivity contribution is -0.879. The number of rotatable bonds is 5. The maximum absolute atomic E-state index is 12.9. The molecule has 0 aromatic heterocycles. The van der Waals surface area contributed by atoms with E-state index in [1.54, 1.807) is 12.1 Å². The third-order valence-electron chi connectivity index (χ3n) is 6.81. The molecule has 1 heterocycles. The van der Waals surface area contributed by atoms with Crippen LogP contribution in [-0.4, -0.2) is 61.8 Å². The van der Waals surface area contributed by atoms with Crippen LogP contribution in [0, 0.1) is 12.8 Å². The summed E-state index contributed by atoms with van der Waals surface area (Å²) in [5.74, 6) is -0.496. The molecule has 2 aromatic rings. The summed E-state index contributed by atoms with van der Waals surface area (Å²) in [6.07, 6.45) is 4.68. The first kappa shape index (κ1) is 32.5. The van der Waals surface area contributed by atoms with Crippen LogP contribution in [0.3, 0.4) is 0 Å². The van der Waals surface area contributed by atoms with Gasteiger partial charge in [-0.25, -0.2) is 13.2 Å². The molecular weight excluding hydrogens is 518 g/mol. The monoisotopic (exact) mass is 557 g/mol. The van der Waals surface area contributed by atoms with E-state index >= 15 is 0 Å². The number of likely N-dealkylation sites (N-methyl/N-ethyl adjacent to an activating group) is 1. The zero-order chi connectivity index (χ0) is 25.0. The average molecular weight is 558 g/mol. The van der Waals surface area contributed by atoms with Crippen molar-refractivity contribution >= 4 is 43.1 Å². The third kappa shape index (κ3) is 8.22. The van der Waals surface area contributed by atoms with Gasteiger partial charge in [0.2, 0.25) is 0 Å². The first-order valence-corrected chi connectivity index (χ1v) is 13.2. The summed E-state index contributed by atoms with van der Waals surface area (Å²) >= 11 is 0. The number of hydrogen-bond acceptors (Lipinski definition) is 6. The lowest BCUT2D eigenvalue weighted by atomic mass is 9.80. The van der Waals surface area contributed by atoms with Crippen molar-refractivity contribution in [1.82, 2.24) is 0 Å². The molecule has 2 fully saturated rings. The summed E-state index contributed by atoms with van der Waals surface area (Å²) in [7, 11) is 0.0245. The SMILES string of the molecule is C[N+]1(C)CCC(OC(=O)C(O)(c2ccccc2)C2CCCC2)C1.Cc1ccc(S(=O)(=O)[O-])cc1.S.S. The second-order valence-electron chi connectivity index (χ2n) is 10.0. The minimum atomic E-state index is -4.27. The summed E-state index contributed by atoms with van der Waals surface area (Å²) in [5, 5.41) is 11.4. The van der Waals surface area contributed by atoms with Gasteiger partial charge < -0.3 is 18.9 Å². The first-order valence-electron chi connectivity index (χ1n) is 11.8. The van der Waals surface area contributed by atoms with Gasteiger partial charge in [0.1, 0.15) is 16.7 Å². The number of nitrogens with zero attached hydrogens (tertiary/aromatic N) is 1. The fourth-order valence-electron chi connectivity index (χ4n) is 4.83. The second kappa shape index (κ2) is 13.3. The maximum atomic E-state index is 12.9. The van der Waals surface area contributed by atoms with Crippen LogP contribution in [0.1, 0.15) is 43.2 Å². The quantitative estimate of drug-likeness (QED) is 0.342. The van der Waals surface area contributed by atoms with Gasteiger partial charge in [0, 0.05) is 12.3 Å². The van der Waals surface area contributed by atoms with Gasteiger partial charge in [0.25, 0.3) is 0 Å². The molecule has 2 aliphatic rings. The molecule has 202 valence electrons. The predicted molar refractivity (Wildman–Crippen MR) is 149 cm³/mol. The standard InChI is InChI=1S/C19H28NO3.C7H8O3S.2H2S/c1-20(2)13-12-17(14-20)23-18(21)19(22,16-10-6-7-11-16)15-8-4-3-5-9-15;1-6-2-4-7(5-3-6)11(8,9)10;;/h3-5,8-9,16-17,22H,6-7,10-14H2,1-2H3;2-5H,1H3,(H,8,9,10);2*1H2/q+1;;;/p-1. The molecular formula is C26H39NO6S3. The molecule has 1 N–H and O–H groups in total. The number of hydrogen-bond donors (Lipinski definition) is 1. The van der Waals surface area contributed by atoms with Crippen molar-refractivity contribution in [3.8, 4) is 0 Å². The molecule has 1 saturated heterocycles. The van der Waals surface area contributed by atoms with Crippen LogP contribution in [0.4, 0.5) is 0 Å². The smallest absolute Gasteiger partial charge is 0.343 e. The molecule has 36 heavy (non-hydrogen) atoms. The molecule has 1 aliphatic carbocycles. The fraction of sp³-hybridized carbons (Fsp3) is 0.500. The Morgan fingerprint density at radius 2 is 1.56 bits per heavy atom. The zero-order valence-corrected chi connectivity index (χ0v) is 24.0. The Kier molecular flexibility index (Phi) is 12.0. The Morgan fingerprint density at radius 3 is 2.03 bits per heavy atom. The molecule has 1 saturated carbocycles. The second-order valence-corrected chi connectivity index (χ2v) is 11.4. The Balaban J connectivity index is 0.000000425. The minimum absolute atomic E-state index is 0. The van der Waals surface area contributed by atoms with Gasteiger partial charge in [-0.1, -0.05) is 60.9 Å². The molecule has 0 spiro atoms. The third-order valence-corrected chi connectivity index (χ3v) is 7.66. The molecule has 1 aliphatic heterocycles. The highest BCUT2D eigenvalue weighted by Gasteiger charge is 2.49. The van der Waals surface area contributed by atoms with E-state index in [1.807, 2.05) is 37.3 Å². The van der Waals surface area contributed by atoms with Gasteiger partial charge >= 0.3 is 5.97 Å². The van der Waals surface area contributed by atoms with E-state index in [1.165, 1.54) is 12.1 Å². The Labute approximate surface area is 229 Å². The van der Waals surface area contributed by atoms with E-state index < -0.39 is 21.7 Å². The van der Waals surface area contributed by atoms with Crippen LogP contribution < -0.4 is 0 Å². The van der Waals surface area contributed by atoms with Crippen molar-refractivity contribution in [2.24, 2.45) is 5.92 Å². The average Bonchev–Trinajstić information content (AvgIpc) is 3.44. The summed E-state index contributed by atoms with van der Waals surface area (Å²) in [6.45, 7) is 3.65. The molecule has 0 amide bonds. The van der Waals surface area contributed by atoms with Crippen LogP contribution >= 0.6 is 27.0 Å². The zero-order valence-electron chi connectivity index (χ0n) is 21.1. The molecule has 4 rings (SSSR count). The van der Waals surface area contributed by atoms with Gasteiger partial charge in [-0.2, -0.15) is 27.0 Å². The Morgan fingerprint density at radius 1 is 1.00 bits per heavy atom. The van der Waals surface area contributed by atoms with E-state index in [9.17, 15) is 22.9 Å². The Bertz CT molecular complexity index is 1070. The van der Waals surface area contributed by atoms with Crippen molar-refractivity contribution in [1.29, 1.82) is 0 Å². The molecule has 10 heteroatoms. The highest BCUT2D eigenvalue weighted by molar-refractivity contribution is 7.85. The van der Waals surface area contributed by atoms with E-state index in [0.29, 0.717) is 5.56 Å². The minimum Gasteiger partial charge on any atom is -0.744 e. The van der Waals surface area contributed by atoms with Crippen molar-refractivity contribution in [3.05, 3.63) is 65.7 Å². The van der Waals surface area contributed by atoms with Crippen LogP contribution in [-0.2, 0) is 25.3 Å². The number of quaternary nitrogens is 1. The van der Waals surface area contributed by atoms with Crippen molar-refractivity contribution < 1.29 is 32.1 Å². The van der Waals surface area contributed by atoms with Crippen LogP contribution in [0.15, 0.2) is 59.5 Å². The highest BCUT2D eigenvalue weighted by Crippen LogP contribution is 2.42. The number of aliphatic hydroxyl groups is 1. The molecule has 0 bridgehead atoms. The number of carbonyl (C=O) groups excluding carboxylic acids is 1. The van der Waals surface area contributed by atoms with Crippen molar-refractivity contribution in [2.75, 3.05) is 27.2 Å². The largest absolute Gasteiger partial charge is 0.744 e. The number of aryl methyl sites for hydroxylation is 1. The number of benzene rings is 2. The highest BCUT2D eigenvalue weighted by atomic mass is 32.2. The number of likely N-dealkylation sites (tertiary alicyclic amines) is 1.